The van der Waals surface area contributed by atoms with Crippen LogP contribution < -0.4 is 0 Å². The van der Waals surface area contributed by atoms with Gasteiger partial charge in [-0.1, -0.05) is 205 Å². The van der Waals surface area contributed by atoms with Crippen LogP contribution in [0.3, 0.4) is 0 Å². The number of esters is 3. The lowest BCUT2D eigenvalue weighted by Crippen LogP contribution is -2.30. The zero-order chi connectivity index (χ0) is 47.9. The number of carbonyl (C=O) groups excluding carboxylic acids is 3. The average Bonchev–Trinajstić information content (AvgIpc) is 3.31. The minimum absolute atomic E-state index is 0.117. The van der Waals surface area contributed by atoms with Gasteiger partial charge >= 0.3 is 17.9 Å². The molecule has 0 radical (unpaired) electrons. The summed E-state index contributed by atoms with van der Waals surface area (Å²) < 4.78 is 16.7. The van der Waals surface area contributed by atoms with Gasteiger partial charge in [0.25, 0.3) is 0 Å². The van der Waals surface area contributed by atoms with Crippen molar-refractivity contribution in [3.8, 4) is 0 Å². The van der Waals surface area contributed by atoms with Crippen molar-refractivity contribution in [2.75, 3.05) is 13.2 Å². The second kappa shape index (κ2) is 52.9. The Labute approximate surface area is 404 Å². The highest BCUT2D eigenvalue weighted by Crippen LogP contribution is 2.12. The third-order valence-electron chi connectivity index (χ3n) is 10.2. The Kier molecular flexibility index (Phi) is 49.1. The van der Waals surface area contributed by atoms with Crippen molar-refractivity contribution in [1.29, 1.82) is 0 Å². The van der Waals surface area contributed by atoms with Gasteiger partial charge in [0.2, 0.25) is 0 Å². The topological polar surface area (TPSA) is 78.9 Å². The van der Waals surface area contributed by atoms with Gasteiger partial charge in [-0.25, -0.2) is 0 Å². The van der Waals surface area contributed by atoms with E-state index in [-0.39, 0.29) is 37.5 Å². The lowest BCUT2D eigenvalue weighted by molar-refractivity contribution is -0.167. The van der Waals surface area contributed by atoms with E-state index in [9.17, 15) is 14.4 Å². The Balaban J connectivity index is 4.55. The van der Waals surface area contributed by atoms with Crippen molar-refractivity contribution in [2.45, 2.75) is 200 Å². The van der Waals surface area contributed by atoms with E-state index in [4.69, 9.17) is 14.2 Å². The molecule has 0 aliphatic heterocycles. The molecule has 0 aromatic rings. The third kappa shape index (κ3) is 50.3. The standard InChI is InChI=1S/C60H92O6/c1-4-7-10-13-16-19-22-25-28-29-30-31-33-35-38-41-44-47-50-53-59(62)65-56-57(55-64-58(61)52-49-46-43-40-37-34-27-24-21-18-15-12-9-6-3)66-60(63)54-51-48-45-42-39-36-32-26-23-20-17-14-11-8-5-2/h7-12,14,16-21,23,25-28,30-32,34-35,38,57H,4-6,13,15,22,24,29,33,36-37,39-56H2,1-3H3/b10-7-,11-8-,12-9-,17-14-,19-16-,21-18-,23-20-,28-25-,31-30-,32-26-,34-27-,38-35-. The van der Waals surface area contributed by atoms with Gasteiger partial charge in [0.05, 0.1) is 0 Å². The molecular formula is C60H92O6. The highest BCUT2D eigenvalue weighted by Gasteiger charge is 2.19. The first-order chi connectivity index (χ1) is 32.5. The fourth-order valence-corrected chi connectivity index (χ4v) is 6.37. The molecule has 368 valence electrons. The first kappa shape index (κ1) is 61.3. The zero-order valence-electron chi connectivity index (χ0n) is 41.9. The number of carbonyl (C=O) groups is 3. The number of hydrogen-bond acceptors (Lipinski definition) is 6. The second-order valence-electron chi connectivity index (χ2n) is 16.4. The largest absolute Gasteiger partial charge is 0.462 e. The van der Waals surface area contributed by atoms with Crippen molar-refractivity contribution in [2.24, 2.45) is 0 Å². The van der Waals surface area contributed by atoms with E-state index < -0.39 is 6.10 Å². The van der Waals surface area contributed by atoms with Gasteiger partial charge in [-0.05, 0) is 116 Å². The van der Waals surface area contributed by atoms with Crippen LogP contribution in [-0.4, -0.2) is 37.2 Å². The van der Waals surface area contributed by atoms with Gasteiger partial charge in [-0.2, -0.15) is 0 Å². The predicted octanol–water partition coefficient (Wildman–Crippen LogP) is 17.3. The van der Waals surface area contributed by atoms with Crippen LogP contribution >= 0.6 is 0 Å². The molecule has 1 unspecified atom stereocenters. The molecule has 0 aliphatic carbocycles. The van der Waals surface area contributed by atoms with Gasteiger partial charge in [-0.15, -0.1) is 0 Å². The quantitative estimate of drug-likeness (QED) is 0.0199. The number of allylic oxidation sites excluding steroid dienone is 24. The molecule has 0 saturated carbocycles. The second-order valence-corrected chi connectivity index (χ2v) is 16.4. The summed E-state index contributed by atoms with van der Waals surface area (Å²) in [7, 11) is 0. The minimum Gasteiger partial charge on any atom is -0.462 e. The first-order valence-electron chi connectivity index (χ1n) is 25.9. The lowest BCUT2D eigenvalue weighted by atomic mass is 10.1. The Morgan fingerprint density at radius 3 is 1.05 bits per heavy atom. The number of unbranched alkanes of at least 4 members (excludes halogenated alkanes) is 12. The van der Waals surface area contributed by atoms with Gasteiger partial charge in [-0.3, -0.25) is 14.4 Å². The van der Waals surface area contributed by atoms with E-state index in [2.05, 4.69) is 142 Å². The number of hydrogen-bond donors (Lipinski definition) is 0. The summed E-state index contributed by atoms with van der Waals surface area (Å²) >= 11 is 0. The smallest absolute Gasteiger partial charge is 0.306 e. The molecule has 0 bridgehead atoms. The van der Waals surface area contributed by atoms with Crippen LogP contribution in [0.25, 0.3) is 0 Å². The molecule has 0 fully saturated rings. The van der Waals surface area contributed by atoms with Crippen molar-refractivity contribution < 1.29 is 28.6 Å². The Hall–Kier alpha value is -4.71. The summed E-state index contributed by atoms with van der Waals surface area (Å²) in [4.78, 5) is 38.0. The highest BCUT2D eigenvalue weighted by atomic mass is 16.6. The van der Waals surface area contributed by atoms with Crippen LogP contribution in [0.5, 0.6) is 0 Å². The van der Waals surface area contributed by atoms with Crippen LogP contribution in [-0.2, 0) is 28.6 Å². The molecule has 6 nitrogen and oxygen atoms in total. The van der Waals surface area contributed by atoms with Crippen LogP contribution in [0.2, 0.25) is 0 Å². The Bertz CT molecular complexity index is 1510. The van der Waals surface area contributed by atoms with E-state index in [1.165, 1.54) is 0 Å². The van der Waals surface area contributed by atoms with Crippen LogP contribution in [0.1, 0.15) is 194 Å². The molecule has 6 heteroatoms. The fraction of sp³-hybridized carbons (Fsp3) is 0.550. The Morgan fingerprint density at radius 2 is 0.621 bits per heavy atom. The molecule has 0 N–H and O–H groups in total. The highest BCUT2D eigenvalue weighted by molar-refractivity contribution is 5.71. The van der Waals surface area contributed by atoms with Crippen LogP contribution in [0.15, 0.2) is 146 Å². The maximum Gasteiger partial charge on any atom is 0.306 e. The monoisotopic (exact) mass is 909 g/mol. The molecule has 0 spiro atoms. The molecule has 0 aliphatic rings. The van der Waals surface area contributed by atoms with Crippen LogP contribution in [0, 0.1) is 0 Å². The molecule has 0 aromatic heterocycles. The van der Waals surface area contributed by atoms with E-state index in [1.807, 2.05) is 24.3 Å². The van der Waals surface area contributed by atoms with E-state index >= 15 is 0 Å². The molecule has 0 aromatic carbocycles. The molecule has 66 heavy (non-hydrogen) atoms. The summed E-state index contributed by atoms with van der Waals surface area (Å²) in [6, 6.07) is 0. The summed E-state index contributed by atoms with van der Waals surface area (Å²) in [5.74, 6) is -1.01. The average molecular weight is 909 g/mol. The molecule has 0 amide bonds. The van der Waals surface area contributed by atoms with Crippen molar-refractivity contribution >= 4 is 17.9 Å². The third-order valence-corrected chi connectivity index (χ3v) is 10.2. The zero-order valence-corrected chi connectivity index (χ0v) is 41.9. The maximum absolute atomic E-state index is 12.8. The normalized spacial score (nSPS) is 13.3. The maximum atomic E-state index is 12.8. The molecule has 0 rings (SSSR count). The van der Waals surface area contributed by atoms with Crippen molar-refractivity contribution in [3.05, 3.63) is 146 Å². The number of rotatable bonds is 44. The fourth-order valence-electron chi connectivity index (χ4n) is 6.37. The molecular weight excluding hydrogens is 817 g/mol. The summed E-state index contributed by atoms with van der Waals surface area (Å²) in [5, 5.41) is 0. The van der Waals surface area contributed by atoms with Crippen LogP contribution in [0.4, 0.5) is 0 Å². The predicted molar refractivity (Wildman–Crippen MR) is 283 cm³/mol. The van der Waals surface area contributed by atoms with Gasteiger partial charge < -0.3 is 14.2 Å². The summed E-state index contributed by atoms with van der Waals surface area (Å²) in [6.07, 6.45) is 75.4. The molecule has 0 heterocycles. The number of ether oxygens (including phenoxy) is 3. The molecule has 1 atom stereocenters. The van der Waals surface area contributed by atoms with Crippen molar-refractivity contribution in [1.82, 2.24) is 0 Å². The Morgan fingerprint density at radius 1 is 0.318 bits per heavy atom. The van der Waals surface area contributed by atoms with E-state index in [1.54, 1.807) is 0 Å². The first-order valence-corrected chi connectivity index (χ1v) is 25.9. The lowest BCUT2D eigenvalue weighted by Gasteiger charge is -2.18. The van der Waals surface area contributed by atoms with E-state index in [0.29, 0.717) is 12.8 Å². The minimum atomic E-state index is -0.820. The van der Waals surface area contributed by atoms with Gasteiger partial charge in [0.15, 0.2) is 6.10 Å². The summed E-state index contributed by atoms with van der Waals surface area (Å²) in [6.45, 7) is 6.18. The SMILES string of the molecule is CC\C=C/C=C\C=C/C=C\CCCCCCCC(=O)OC(COC(=O)CCCCC/C=C\C/C=C\C/C=C\C/C=C\C/C=C\CC)COC(=O)CCCCCC/C=C\C/C=C\C/C=C\CC. The van der Waals surface area contributed by atoms with Gasteiger partial charge in [0.1, 0.15) is 13.2 Å². The van der Waals surface area contributed by atoms with E-state index in [0.717, 1.165) is 154 Å². The van der Waals surface area contributed by atoms with Crippen molar-refractivity contribution in [3.63, 3.8) is 0 Å². The molecule has 0 saturated heterocycles. The summed E-state index contributed by atoms with van der Waals surface area (Å²) in [5.41, 5.74) is 0. The van der Waals surface area contributed by atoms with Gasteiger partial charge in [0, 0.05) is 19.3 Å².